The quantitative estimate of drug-likeness (QED) is 0.901. The summed E-state index contributed by atoms with van der Waals surface area (Å²) < 4.78 is 5.93. The van der Waals surface area contributed by atoms with Crippen molar-refractivity contribution in [2.24, 2.45) is 5.73 Å². The van der Waals surface area contributed by atoms with Gasteiger partial charge in [0, 0.05) is 10.7 Å². The Morgan fingerprint density at radius 3 is 2.80 bits per heavy atom. The van der Waals surface area contributed by atoms with E-state index in [-0.39, 0.29) is 6.04 Å². The van der Waals surface area contributed by atoms with Crippen LogP contribution in [0.4, 0.5) is 0 Å². The summed E-state index contributed by atoms with van der Waals surface area (Å²) in [4.78, 5) is 8.27. The molecule has 0 radical (unpaired) electrons. The average Bonchev–Trinajstić information content (AvgIpc) is 2.68. The van der Waals surface area contributed by atoms with Crippen LogP contribution in [-0.4, -0.2) is 15.1 Å². The van der Waals surface area contributed by atoms with Crippen LogP contribution < -0.4 is 5.73 Å². The molecule has 2 heterocycles. The van der Waals surface area contributed by atoms with Crippen LogP contribution in [0.25, 0.3) is 11.6 Å². The fourth-order valence-corrected chi connectivity index (χ4v) is 1.26. The Bertz CT molecular complexity index is 451. The highest BCUT2D eigenvalue weighted by Gasteiger charge is 2.12. The number of hydrogen-bond acceptors (Lipinski definition) is 5. The molecule has 0 fully saturated rings. The van der Waals surface area contributed by atoms with Gasteiger partial charge in [-0.25, -0.2) is 4.98 Å². The molecule has 0 saturated carbocycles. The van der Waals surface area contributed by atoms with Gasteiger partial charge in [0.05, 0.1) is 6.04 Å². The first-order chi connectivity index (χ1) is 7.16. The molecule has 78 valence electrons. The van der Waals surface area contributed by atoms with Gasteiger partial charge < -0.3 is 10.3 Å². The van der Waals surface area contributed by atoms with Crippen LogP contribution in [0, 0.1) is 0 Å². The van der Waals surface area contributed by atoms with Crippen molar-refractivity contribution in [3.05, 3.63) is 28.6 Å². The summed E-state index contributed by atoms with van der Waals surface area (Å²) in [5.41, 5.74) is 6.25. The molecular weight excluding hydrogens is 260 g/mol. The van der Waals surface area contributed by atoms with Gasteiger partial charge in [-0.3, -0.25) is 0 Å². The van der Waals surface area contributed by atoms with Gasteiger partial charge >= 0.3 is 0 Å². The number of nitrogens with zero attached hydrogens (tertiary/aromatic N) is 3. The first-order valence-electron chi connectivity index (χ1n) is 4.38. The zero-order valence-electron chi connectivity index (χ0n) is 8.01. The highest BCUT2D eigenvalue weighted by Crippen LogP contribution is 2.18. The van der Waals surface area contributed by atoms with E-state index >= 15 is 0 Å². The van der Waals surface area contributed by atoms with Gasteiger partial charge in [-0.05, 0) is 35.0 Å². The van der Waals surface area contributed by atoms with Crippen LogP contribution in [0.1, 0.15) is 18.8 Å². The molecule has 0 spiro atoms. The molecule has 0 aliphatic heterocycles. The third-order valence-corrected chi connectivity index (χ3v) is 2.26. The monoisotopic (exact) mass is 268 g/mol. The number of rotatable bonds is 2. The minimum absolute atomic E-state index is 0.238. The molecule has 0 aliphatic rings. The Kier molecular flexibility index (Phi) is 2.79. The predicted molar refractivity (Wildman–Crippen MR) is 57.8 cm³/mol. The normalized spacial score (nSPS) is 12.7. The lowest BCUT2D eigenvalue weighted by Crippen LogP contribution is -2.06. The molecule has 1 atom stereocenters. The molecule has 2 aromatic heterocycles. The van der Waals surface area contributed by atoms with Crippen LogP contribution in [0.15, 0.2) is 27.3 Å². The molecule has 5 nitrogen and oxygen atoms in total. The van der Waals surface area contributed by atoms with E-state index in [4.69, 9.17) is 10.3 Å². The number of aromatic nitrogens is 3. The predicted octanol–water partition coefficient (Wildman–Crippen LogP) is 1.91. The third-order valence-electron chi connectivity index (χ3n) is 1.80. The second kappa shape index (κ2) is 4.08. The van der Waals surface area contributed by atoms with Crippen molar-refractivity contribution >= 4 is 15.9 Å². The average molecular weight is 269 g/mol. The number of hydrogen-bond donors (Lipinski definition) is 1. The van der Waals surface area contributed by atoms with Crippen LogP contribution >= 0.6 is 15.9 Å². The third kappa shape index (κ3) is 2.21. The van der Waals surface area contributed by atoms with Crippen molar-refractivity contribution in [3.63, 3.8) is 0 Å². The summed E-state index contributed by atoms with van der Waals surface area (Å²) in [6, 6.07) is 3.42. The van der Waals surface area contributed by atoms with Crippen molar-refractivity contribution in [1.29, 1.82) is 0 Å². The van der Waals surface area contributed by atoms with Crippen LogP contribution in [0.5, 0.6) is 0 Å². The minimum Gasteiger partial charge on any atom is -0.332 e. The maximum Gasteiger partial charge on any atom is 0.276 e. The largest absolute Gasteiger partial charge is 0.332 e. The zero-order valence-corrected chi connectivity index (χ0v) is 9.60. The topological polar surface area (TPSA) is 77.8 Å². The van der Waals surface area contributed by atoms with E-state index in [0.29, 0.717) is 17.4 Å². The van der Waals surface area contributed by atoms with Crippen molar-refractivity contribution in [1.82, 2.24) is 15.1 Å². The molecule has 1 unspecified atom stereocenters. The Labute approximate surface area is 94.8 Å². The van der Waals surface area contributed by atoms with Crippen LogP contribution in [-0.2, 0) is 0 Å². The highest BCUT2D eigenvalue weighted by atomic mass is 79.9. The molecule has 15 heavy (non-hydrogen) atoms. The summed E-state index contributed by atoms with van der Waals surface area (Å²) in [5.74, 6) is 0.865. The van der Waals surface area contributed by atoms with Crippen molar-refractivity contribution in [3.8, 4) is 11.6 Å². The van der Waals surface area contributed by atoms with Gasteiger partial charge in [-0.1, -0.05) is 5.16 Å². The first kappa shape index (κ1) is 10.3. The minimum atomic E-state index is -0.238. The fourth-order valence-electron chi connectivity index (χ4n) is 1.03. The Hall–Kier alpha value is -1.27. The number of nitrogens with two attached hydrogens (primary N) is 1. The molecule has 2 aromatic rings. The molecule has 2 N–H and O–H groups in total. The molecule has 2 rings (SSSR count). The zero-order chi connectivity index (χ0) is 10.8. The molecule has 0 bridgehead atoms. The van der Waals surface area contributed by atoms with Crippen LogP contribution in [0.3, 0.4) is 0 Å². The van der Waals surface area contributed by atoms with Crippen molar-refractivity contribution in [2.45, 2.75) is 13.0 Å². The van der Waals surface area contributed by atoms with E-state index in [1.807, 2.05) is 6.07 Å². The van der Waals surface area contributed by atoms with E-state index in [1.54, 1.807) is 19.2 Å². The Balaban J connectivity index is 2.33. The summed E-state index contributed by atoms with van der Waals surface area (Å²) in [6.07, 6.45) is 1.67. The summed E-state index contributed by atoms with van der Waals surface area (Å²) in [5, 5.41) is 3.75. The van der Waals surface area contributed by atoms with Gasteiger partial charge in [-0.15, -0.1) is 0 Å². The molecule has 6 heteroatoms. The van der Waals surface area contributed by atoms with Gasteiger partial charge in [0.2, 0.25) is 0 Å². The maximum atomic E-state index is 5.62. The van der Waals surface area contributed by atoms with Gasteiger partial charge in [-0.2, -0.15) is 4.98 Å². The number of halogens is 1. The van der Waals surface area contributed by atoms with Gasteiger partial charge in [0.1, 0.15) is 5.69 Å². The van der Waals surface area contributed by atoms with Crippen LogP contribution in [0.2, 0.25) is 0 Å². The van der Waals surface area contributed by atoms with E-state index < -0.39 is 0 Å². The Morgan fingerprint density at radius 2 is 2.27 bits per heavy atom. The lowest BCUT2D eigenvalue weighted by Gasteiger charge is -1.94. The van der Waals surface area contributed by atoms with E-state index in [9.17, 15) is 0 Å². The standard InChI is InChI=1S/C9H9BrN4O/c1-5(11)8-13-9(15-14-8)7-3-2-6(10)4-12-7/h2-5H,11H2,1H3. The van der Waals surface area contributed by atoms with E-state index in [1.165, 1.54) is 0 Å². The van der Waals surface area contributed by atoms with Gasteiger partial charge in [0.25, 0.3) is 5.89 Å². The lowest BCUT2D eigenvalue weighted by molar-refractivity contribution is 0.417. The summed E-state index contributed by atoms with van der Waals surface area (Å²) >= 11 is 3.30. The second-order valence-electron chi connectivity index (χ2n) is 3.11. The van der Waals surface area contributed by atoms with E-state index in [2.05, 4.69) is 31.1 Å². The maximum absolute atomic E-state index is 5.62. The Morgan fingerprint density at radius 1 is 1.47 bits per heavy atom. The molecule has 0 amide bonds. The fraction of sp³-hybridized carbons (Fsp3) is 0.222. The van der Waals surface area contributed by atoms with E-state index in [0.717, 1.165) is 4.47 Å². The second-order valence-corrected chi connectivity index (χ2v) is 4.02. The van der Waals surface area contributed by atoms with Crippen molar-refractivity contribution < 1.29 is 4.52 Å². The number of pyridine rings is 1. The van der Waals surface area contributed by atoms with Crippen molar-refractivity contribution in [2.75, 3.05) is 0 Å². The van der Waals surface area contributed by atoms with Gasteiger partial charge in [0.15, 0.2) is 5.82 Å². The summed E-state index contributed by atoms with van der Waals surface area (Å²) in [6.45, 7) is 1.80. The molecule has 0 aromatic carbocycles. The highest BCUT2D eigenvalue weighted by molar-refractivity contribution is 9.10. The molecular formula is C9H9BrN4O. The smallest absolute Gasteiger partial charge is 0.276 e. The molecule has 0 saturated heterocycles. The molecule has 0 aliphatic carbocycles. The lowest BCUT2D eigenvalue weighted by atomic mass is 10.3. The SMILES string of the molecule is CC(N)c1noc(-c2ccc(Br)cn2)n1. The summed E-state index contributed by atoms with van der Waals surface area (Å²) in [7, 11) is 0. The first-order valence-corrected chi connectivity index (χ1v) is 5.17.